The summed E-state index contributed by atoms with van der Waals surface area (Å²) in [5, 5.41) is 0. The van der Waals surface area contributed by atoms with E-state index >= 15 is 0 Å². The van der Waals surface area contributed by atoms with E-state index in [1.807, 2.05) is 30.0 Å². The minimum atomic E-state index is -0.0772. The van der Waals surface area contributed by atoms with Crippen LogP contribution in [0.4, 0.5) is 0 Å². The molecule has 1 aromatic rings. The minimum absolute atomic E-state index is 0.0359. The molecule has 2 aliphatic rings. The molecule has 0 unspecified atom stereocenters. The first-order valence-electron chi connectivity index (χ1n) is 9.87. The molecule has 0 N–H and O–H groups in total. The van der Waals surface area contributed by atoms with Crippen LogP contribution in [-0.2, 0) is 14.3 Å². The van der Waals surface area contributed by atoms with Crippen LogP contribution < -0.4 is 9.47 Å². The molecular weight excluding hydrogens is 362 g/mol. The van der Waals surface area contributed by atoms with Gasteiger partial charge in [-0.05, 0) is 19.1 Å². The second-order valence-electron chi connectivity index (χ2n) is 6.82. The number of para-hydroxylation sites is 2. The highest BCUT2D eigenvalue weighted by Crippen LogP contribution is 2.26. The van der Waals surface area contributed by atoms with Crippen molar-refractivity contribution in [1.29, 1.82) is 0 Å². The maximum absolute atomic E-state index is 12.5. The topological polar surface area (TPSA) is 71.6 Å². The smallest absolute Gasteiger partial charge is 0.260 e. The summed E-state index contributed by atoms with van der Waals surface area (Å²) in [5.41, 5.74) is 0. The van der Waals surface area contributed by atoms with Gasteiger partial charge in [-0.2, -0.15) is 0 Å². The molecule has 0 radical (unpaired) electrons. The Morgan fingerprint density at radius 1 is 0.893 bits per heavy atom. The predicted octanol–water partition coefficient (Wildman–Crippen LogP) is 0.467. The van der Waals surface area contributed by atoms with Crippen molar-refractivity contribution >= 4 is 11.8 Å². The third kappa shape index (κ3) is 5.59. The fourth-order valence-corrected chi connectivity index (χ4v) is 3.33. The number of hydrogen-bond donors (Lipinski definition) is 0. The average molecular weight is 391 g/mol. The Morgan fingerprint density at radius 3 is 2.07 bits per heavy atom. The quantitative estimate of drug-likeness (QED) is 0.673. The van der Waals surface area contributed by atoms with Gasteiger partial charge in [0.15, 0.2) is 18.1 Å². The molecule has 0 spiro atoms. The van der Waals surface area contributed by atoms with Crippen molar-refractivity contribution in [2.45, 2.75) is 6.92 Å². The van der Waals surface area contributed by atoms with Gasteiger partial charge in [0, 0.05) is 39.3 Å². The van der Waals surface area contributed by atoms with E-state index in [4.69, 9.17) is 14.2 Å². The Morgan fingerprint density at radius 2 is 1.46 bits per heavy atom. The number of morpholine rings is 1. The van der Waals surface area contributed by atoms with Gasteiger partial charge in [-0.3, -0.25) is 14.5 Å². The van der Waals surface area contributed by atoms with Crippen LogP contribution in [0, 0.1) is 0 Å². The Hall–Kier alpha value is -2.32. The third-order valence-electron chi connectivity index (χ3n) is 4.95. The van der Waals surface area contributed by atoms with Gasteiger partial charge in [0.05, 0.1) is 26.4 Å². The van der Waals surface area contributed by atoms with Gasteiger partial charge in [0.2, 0.25) is 5.91 Å². The number of hydrogen-bond acceptors (Lipinski definition) is 6. The van der Waals surface area contributed by atoms with E-state index in [-0.39, 0.29) is 18.4 Å². The molecule has 0 atom stereocenters. The Balaban J connectivity index is 1.42. The van der Waals surface area contributed by atoms with E-state index < -0.39 is 0 Å². The van der Waals surface area contributed by atoms with Crippen LogP contribution >= 0.6 is 0 Å². The van der Waals surface area contributed by atoms with Gasteiger partial charge in [-0.25, -0.2) is 0 Å². The largest absolute Gasteiger partial charge is 0.490 e. The molecule has 8 nitrogen and oxygen atoms in total. The van der Waals surface area contributed by atoms with Crippen LogP contribution in [0.2, 0.25) is 0 Å². The molecule has 0 bridgehead atoms. The number of amides is 2. The fourth-order valence-electron chi connectivity index (χ4n) is 3.33. The molecule has 2 amide bonds. The number of piperazine rings is 1. The second kappa shape index (κ2) is 10.3. The summed E-state index contributed by atoms with van der Waals surface area (Å²) in [7, 11) is 0. The Labute approximate surface area is 165 Å². The molecule has 8 heteroatoms. The first kappa shape index (κ1) is 20.4. The van der Waals surface area contributed by atoms with Crippen molar-refractivity contribution < 1.29 is 23.8 Å². The lowest BCUT2D eigenvalue weighted by atomic mass is 10.3. The first-order chi connectivity index (χ1) is 13.7. The van der Waals surface area contributed by atoms with Gasteiger partial charge in [-0.15, -0.1) is 0 Å². The summed E-state index contributed by atoms with van der Waals surface area (Å²) in [6.45, 7) is 7.97. The third-order valence-corrected chi connectivity index (χ3v) is 4.95. The van der Waals surface area contributed by atoms with E-state index in [1.165, 1.54) is 0 Å². The molecule has 2 saturated heterocycles. The Bertz CT molecular complexity index is 655. The summed E-state index contributed by atoms with van der Waals surface area (Å²) < 4.78 is 16.5. The molecule has 3 rings (SSSR count). The van der Waals surface area contributed by atoms with Crippen molar-refractivity contribution in [1.82, 2.24) is 14.7 Å². The number of ether oxygens (including phenoxy) is 3. The van der Waals surface area contributed by atoms with Gasteiger partial charge < -0.3 is 24.0 Å². The summed E-state index contributed by atoms with van der Waals surface area (Å²) in [5.74, 6) is 1.25. The monoisotopic (exact) mass is 391 g/mol. The first-order valence-corrected chi connectivity index (χ1v) is 9.87. The SMILES string of the molecule is CCOc1ccccc1OCC(=O)N1CCN(C(=O)CN2CCOCC2)CC1. The number of nitrogens with zero attached hydrogens (tertiary/aromatic N) is 3. The molecule has 1 aromatic carbocycles. The van der Waals surface area contributed by atoms with Crippen LogP contribution in [0.1, 0.15) is 6.92 Å². The number of carbonyl (C=O) groups excluding carboxylic acids is 2. The summed E-state index contributed by atoms with van der Waals surface area (Å²) in [4.78, 5) is 30.6. The van der Waals surface area contributed by atoms with Crippen LogP contribution in [0.15, 0.2) is 24.3 Å². The highest BCUT2D eigenvalue weighted by Gasteiger charge is 2.26. The average Bonchev–Trinajstić information content (AvgIpc) is 2.74. The molecule has 28 heavy (non-hydrogen) atoms. The zero-order valence-corrected chi connectivity index (χ0v) is 16.5. The van der Waals surface area contributed by atoms with Crippen LogP contribution in [0.3, 0.4) is 0 Å². The molecular formula is C20H29N3O5. The van der Waals surface area contributed by atoms with Crippen LogP contribution in [-0.4, -0.2) is 98.8 Å². The van der Waals surface area contributed by atoms with E-state index in [1.54, 1.807) is 11.0 Å². The molecule has 154 valence electrons. The van der Waals surface area contributed by atoms with E-state index in [0.717, 1.165) is 13.1 Å². The molecule has 2 fully saturated rings. The van der Waals surface area contributed by atoms with Crippen LogP contribution in [0.5, 0.6) is 11.5 Å². The highest BCUT2D eigenvalue weighted by molar-refractivity contribution is 5.80. The lowest BCUT2D eigenvalue weighted by Gasteiger charge is -2.36. The van der Waals surface area contributed by atoms with E-state index in [2.05, 4.69) is 4.90 Å². The lowest BCUT2D eigenvalue weighted by molar-refractivity contribution is -0.141. The van der Waals surface area contributed by atoms with Gasteiger partial charge >= 0.3 is 0 Å². The van der Waals surface area contributed by atoms with E-state index in [9.17, 15) is 9.59 Å². The van der Waals surface area contributed by atoms with Crippen molar-refractivity contribution in [2.75, 3.05) is 72.2 Å². The number of benzene rings is 1. The molecule has 0 aliphatic carbocycles. The van der Waals surface area contributed by atoms with Crippen molar-refractivity contribution in [2.24, 2.45) is 0 Å². The minimum Gasteiger partial charge on any atom is -0.490 e. The maximum atomic E-state index is 12.5. The summed E-state index contributed by atoms with van der Waals surface area (Å²) >= 11 is 0. The van der Waals surface area contributed by atoms with Crippen molar-refractivity contribution in [3.8, 4) is 11.5 Å². The van der Waals surface area contributed by atoms with Crippen LogP contribution in [0.25, 0.3) is 0 Å². The molecule has 2 aliphatic heterocycles. The summed E-state index contributed by atoms with van der Waals surface area (Å²) in [6, 6.07) is 7.33. The molecule has 0 aromatic heterocycles. The maximum Gasteiger partial charge on any atom is 0.260 e. The molecule has 2 heterocycles. The van der Waals surface area contributed by atoms with E-state index in [0.29, 0.717) is 64.0 Å². The predicted molar refractivity (Wildman–Crippen MR) is 104 cm³/mol. The van der Waals surface area contributed by atoms with Crippen molar-refractivity contribution in [3.63, 3.8) is 0 Å². The molecule has 0 saturated carbocycles. The fraction of sp³-hybridized carbons (Fsp3) is 0.600. The highest BCUT2D eigenvalue weighted by atomic mass is 16.5. The zero-order valence-electron chi connectivity index (χ0n) is 16.5. The zero-order chi connectivity index (χ0) is 19.8. The lowest BCUT2D eigenvalue weighted by Crippen LogP contribution is -2.54. The standard InChI is InChI=1S/C20H29N3O5/c1-2-27-17-5-3-4-6-18(17)28-16-20(25)23-9-7-22(8-10-23)19(24)15-21-11-13-26-14-12-21/h3-6H,2,7-16H2,1H3. The second-order valence-corrected chi connectivity index (χ2v) is 6.82. The summed E-state index contributed by atoms with van der Waals surface area (Å²) in [6.07, 6.45) is 0. The number of carbonyl (C=O) groups is 2. The van der Waals surface area contributed by atoms with Gasteiger partial charge in [-0.1, -0.05) is 12.1 Å². The normalized spacial score (nSPS) is 18.0. The van der Waals surface area contributed by atoms with Gasteiger partial charge in [0.1, 0.15) is 0 Å². The van der Waals surface area contributed by atoms with Crippen molar-refractivity contribution in [3.05, 3.63) is 24.3 Å². The Kier molecular flexibility index (Phi) is 7.50. The van der Waals surface area contributed by atoms with Gasteiger partial charge in [0.25, 0.3) is 5.91 Å². The number of rotatable bonds is 7.